The molecule has 2 aromatic heterocycles. The molecule has 4 rings (SSSR count). The Balaban J connectivity index is 1.48. The van der Waals surface area contributed by atoms with Gasteiger partial charge < -0.3 is 15.4 Å². The topological polar surface area (TPSA) is 98.1 Å². The summed E-state index contributed by atoms with van der Waals surface area (Å²) in [5, 5.41) is 11.5. The summed E-state index contributed by atoms with van der Waals surface area (Å²) in [4.78, 5) is 29.3. The normalized spacial score (nSPS) is 11.4. The van der Waals surface area contributed by atoms with Crippen LogP contribution in [0.4, 0.5) is 5.69 Å². The zero-order valence-corrected chi connectivity index (χ0v) is 22.8. The summed E-state index contributed by atoms with van der Waals surface area (Å²) in [6.07, 6.45) is 1.70. The van der Waals surface area contributed by atoms with E-state index in [0.29, 0.717) is 12.2 Å². The lowest BCUT2D eigenvalue weighted by Crippen LogP contribution is -2.40. The van der Waals surface area contributed by atoms with Crippen LogP contribution in [0, 0.1) is 3.70 Å². The molecule has 2 amide bonds. The van der Waals surface area contributed by atoms with Gasteiger partial charge in [-0.2, -0.15) is 5.10 Å². The van der Waals surface area contributed by atoms with E-state index in [-0.39, 0.29) is 29.5 Å². The van der Waals surface area contributed by atoms with Crippen molar-refractivity contribution in [2.24, 2.45) is 0 Å². The summed E-state index contributed by atoms with van der Waals surface area (Å²) < 4.78 is 8.10. The second-order valence-corrected chi connectivity index (χ2v) is 10.5. The fraction of sp³-hybridized carbons (Fsp3) is 0.259. The van der Waals surface area contributed by atoms with Gasteiger partial charge in [0.05, 0.1) is 25.6 Å². The molecule has 0 unspecified atom stereocenters. The van der Waals surface area contributed by atoms with Crippen molar-refractivity contribution >= 4 is 51.0 Å². The van der Waals surface area contributed by atoms with Crippen LogP contribution in [0.1, 0.15) is 42.4 Å². The van der Waals surface area contributed by atoms with Crippen LogP contribution in [0.25, 0.3) is 10.9 Å². The number of halogens is 1. The highest BCUT2D eigenvalue weighted by atomic mass is 127. The number of pyridine rings is 1. The number of anilines is 1. The molecule has 0 fully saturated rings. The average molecular weight is 597 g/mol. The molecule has 2 aromatic carbocycles. The van der Waals surface area contributed by atoms with Crippen molar-refractivity contribution in [2.45, 2.75) is 39.3 Å². The molecule has 0 aliphatic heterocycles. The summed E-state index contributed by atoms with van der Waals surface area (Å²) in [5.41, 5.74) is 3.32. The van der Waals surface area contributed by atoms with Gasteiger partial charge in [-0.3, -0.25) is 19.3 Å². The van der Waals surface area contributed by atoms with Gasteiger partial charge in [-0.05, 0) is 90.9 Å². The molecule has 0 aliphatic rings. The van der Waals surface area contributed by atoms with Gasteiger partial charge in [0.2, 0.25) is 5.91 Å². The van der Waals surface area contributed by atoms with Crippen LogP contribution in [0.15, 0.2) is 60.8 Å². The summed E-state index contributed by atoms with van der Waals surface area (Å²) in [6, 6.07) is 17.1. The van der Waals surface area contributed by atoms with Crippen LogP contribution >= 0.6 is 22.6 Å². The summed E-state index contributed by atoms with van der Waals surface area (Å²) in [7, 11) is 1.65. The van der Waals surface area contributed by atoms with Gasteiger partial charge in [-0.1, -0.05) is 18.2 Å². The van der Waals surface area contributed by atoms with E-state index < -0.39 is 0 Å². The molecular weight excluding hydrogens is 569 g/mol. The molecule has 9 heteroatoms. The third-order valence-electron chi connectivity index (χ3n) is 5.39. The standard InChI is InChI=1S/C27H28IN5O3/c1-27(2,3)31-26(35)22-15-19(11-12-29-22)30-24(34)14-18-7-10-21-23(13-18)33(32-25(21)28)16-17-5-8-20(36-4)9-6-17/h5-13,15H,14,16H2,1-4H3,(H,31,35)(H,29,30,34). The molecule has 0 spiro atoms. The Morgan fingerprint density at radius 3 is 2.44 bits per heavy atom. The predicted molar refractivity (Wildman–Crippen MR) is 148 cm³/mol. The zero-order chi connectivity index (χ0) is 25.9. The number of hydrogen-bond donors (Lipinski definition) is 2. The van der Waals surface area contributed by atoms with E-state index in [1.54, 1.807) is 19.2 Å². The molecule has 0 atom stereocenters. The highest BCUT2D eigenvalue weighted by molar-refractivity contribution is 14.1. The van der Waals surface area contributed by atoms with Gasteiger partial charge in [-0.25, -0.2) is 0 Å². The number of aromatic nitrogens is 3. The van der Waals surface area contributed by atoms with E-state index in [1.807, 2.05) is 67.9 Å². The van der Waals surface area contributed by atoms with Gasteiger partial charge >= 0.3 is 0 Å². The van der Waals surface area contributed by atoms with Crippen molar-refractivity contribution in [1.82, 2.24) is 20.1 Å². The van der Waals surface area contributed by atoms with Crippen molar-refractivity contribution in [3.05, 3.63) is 81.3 Å². The lowest BCUT2D eigenvalue weighted by Gasteiger charge is -2.20. The van der Waals surface area contributed by atoms with Gasteiger partial charge in [0.1, 0.15) is 15.1 Å². The molecule has 0 saturated heterocycles. The molecule has 0 aliphatic carbocycles. The smallest absolute Gasteiger partial charge is 0.270 e. The first kappa shape index (κ1) is 25.6. The molecule has 2 N–H and O–H groups in total. The third kappa shape index (κ3) is 6.39. The van der Waals surface area contributed by atoms with E-state index in [9.17, 15) is 9.59 Å². The van der Waals surface area contributed by atoms with E-state index in [2.05, 4.69) is 38.2 Å². The fourth-order valence-corrected chi connectivity index (χ4v) is 4.46. The fourth-order valence-electron chi connectivity index (χ4n) is 3.74. The van der Waals surface area contributed by atoms with Crippen molar-refractivity contribution in [2.75, 3.05) is 12.4 Å². The average Bonchev–Trinajstić information content (AvgIpc) is 3.13. The minimum absolute atomic E-state index is 0.182. The van der Waals surface area contributed by atoms with Crippen LogP contribution in [0.2, 0.25) is 0 Å². The number of methoxy groups -OCH3 is 1. The summed E-state index contributed by atoms with van der Waals surface area (Å²) in [5.74, 6) is 0.338. The summed E-state index contributed by atoms with van der Waals surface area (Å²) in [6.45, 7) is 6.31. The first-order valence-corrected chi connectivity index (χ1v) is 12.6. The maximum Gasteiger partial charge on any atom is 0.270 e. The molecule has 2 heterocycles. The number of rotatable bonds is 7. The lowest BCUT2D eigenvalue weighted by molar-refractivity contribution is -0.115. The molecular formula is C27H28IN5O3. The van der Waals surface area contributed by atoms with Gasteiger partial charge in [0, 0.05) is 22.8 Å². The molecule has 8 nitrogen and oxygen atoms in total. The largest absolute Gasteiger partial charge is 0.497 e. The number of fused-ring (bicyclic) bond motifs is 1. The van der Waals surface area contributed by atoms with Gasteiger partial charge in [0.15, 0.2) is 0 Å². The molecule has 0 bridgehead atoms. The van der Waals surface area contributed by atoms with E-state index in [0.717, 1.165) is 31.5 Å². The Hall–Kier alpha value is -3.47. The minimum atomic E-state index is -0.381. The maximum absolute atomic E-state index is 12.8. The number of amides is 2. The van der Waals surface area contributed by atoms with Crippen molar-refractivity contribution in [3.63, 3.8) is 0 Å². The molecule has 0 saturated carbocycles. The van der Waals surface area contributed by atoms with E-state index in [1.165, 1.54) is 6.20 Å². The van der Waals surface area contributed by atoms with Crippen LogP contribution in [-0.4, -0.2) is 39.2 Å². The Morgan fingerprint density at radius 1 is 1.03 bits per heavy atom. The highest BCUT2D eigenvalue weighted by Crippen LogP contribution is 2.24. The quantitative estimate of drug-likeness (QED) is 0.299. The molecule has 0 radical (unpaired) electrons. The van der Waals surface area contributed by atoms with Crippen molar-refractivity contribution in [3.8, 4) is 5.75 Å². The Kier molecular flexibility index (Phi) is 7.58. The van der Waals surface area contributed by atoms with Crippen LogP contribution in [0.3, 0.4) is 0 Å². The number of ether oxygens (including phenoxy) is 1. The number of hydrogen-bond acceptors (Lipinski definition) is 5. The zero-order valence-electron chi connectivity index (χ0n) is 20.6. The summed E-state index contributed by atoms with van der Waals surface area (Å²) >= 11 is 2.23. The number of nitrogens with one attached hydrogen (secondary N) is 2. The second-order valence-electron chi connectivity index (χ2n) is 9.51. The SMILES string of the molecule is COc1ccc(Cn2nc(I)c3ccc(CC(=O)Nc4ccnc(C(=O)NC(C)(C)C)c4)cc32)cc1. The minimum Gasteiger partial charge on any atom is -0.497 e. The molecule has 4 aromatic rings. The van der Waals surface area contributed by atoms with E-state index >= 15 is 0 Å². The number of carbonyl (C=O) groups excluding carboxylic acids is 2. The monoisotopic (exact) mass is 597 g/mol. The molecule has 186 valence electrons. The van der Waals surface area contributed by atoms with Crippen LogP contribution < -0.4 is 15.4 Å². The third-order valence-corrected chi connectivity index (χ3v) is 6.19. The molecule has 36 heavy (non-hydrogen) atoms. The maximum atomic E-state index is 12.8. The van der Waals surface area contributed by atoms with Crippen LogP contribution in [0.5, 0.6) is 5.75 Å². The Bertz CT molecular complexity index is 1410. The van der Waals surface area contributed by atoms with E-state index in [4.69, 9.17) is 9.84 Å². The van der Waals surface area contributed by atoms with Crippen LogP contribution in [-0.2, 0) is 17.8 Å². The van der Waals surface area contributed by atoms with Crippen molar-refractivity contribution < 1.29 is 14.3 Å². The number of benzene rings is 2. The second kappa shape index (κ2) is 10.7. The number of nitrogens with zero attached hydrogens (tertiary/aromatic N) is 3. The van der Waals surface area contributed by atoms with Crippen molar-refractivity contribution in [1.29, 1.82) is 0 Å². The Labute approximate surface area is 223 Å². The first-order chi connectivity index (χ1) is 17.1. The predicted octanol–water partition coefficient (Wildman–Crippen LogP) is 4.80. The van der Waals surface area contributed by atoms with Gasteiger partial charge in [0.25, 0.3) is 5.91 Å². The van der Waals surface area contributed by atoms with Gasteiger partial charge in [-0.15, -0.1) is 0 Å². The lowest BCUT2D eigenvalue weighted by atomic mass is 10.1. The highest BCUT2D eigenvalue weighted by Gasteiger charge is 2.17. The number of carbonyl (C=O) groups is 2. The first-order valence-electron chi connectivity index (χ1n) is 11.5. The Morgan fingerprint density at radius 2 is 1.75 bits per heavy atom.